The van der Waals surface area contributed by atoms with Crippen LogP contribution in [0.15, 0.2) is 18.3 Å². The van der Waals surface area contributed by atoms with Crippen molar-refractivity contribution in [2.24, 2.45) is 5.92 Å². The van der Waals surface area contributed by atoms with Crippen LogP contribution in [-0.4, -0.2) is 23.5 Å². The number of nitrogens with zero attached hydrogens (tertiary/aromatic N) is 1. The van der Waals surface area contributed by atoms with Gasteiger partial charge in [0.25, 0.3) is 5.91 Å². The maximum Gasteiger partial charge on any atom is 0.270 e. The zero-order valence-electron chi connectivity index (χ0n) is 11.1. The van der Waals surface area contributed by atoms with Gasteiger partial charge in [-0.15, -0.1) is 0 Å². The fraction of sp³-hybridized carbons (Fsp3) is 0.571. The van der Waals surface area contributed by atoms with E-state index in [9.17, 15) is 4.79 Å². The van der Waals surface area contributed by atoms with Crippen molar-refractivity contribution in [1.82, 2.24) is 10.3 Å². The molecule has 18 heavy (non-hydrogen) atoms. The number of anilines is 1. The molecule has 2 unspecified atom stereocenters. The van der Waals surface area contributed by atoms with Gasteiger partial charge in [0.15, 0.2) is 0 Å². The SMILES string of the molecule is CCNc1ccnc(C(=O)NC2CCCC2C)c1. The first kappa shape index (κ1) is 12.9. The summed E-state index contributed by atoms with van der Waals surface area (Å²) in [7, 11) is 0. The van der Waals surface area contributed by atoms with E-state index in [0.717, 1.165) is 18.7 Å². The molecule has 4 heteroatoms. The van der Waals surface area contributed by atoms with Gasteiger partial charge in [0.2, 0.25) is 0 Å². The number of carbonyl (C=O) groups excluding carboxylic acids is 1. The van der Waals surface area contributed by atoms with Crippen molar-refractivity contribution in [3.05, 3.63) is 24.0 Å². The van der Waals surface area contributed by atoms with Crippen molar-refractivity contribution in [2.75, 3.05) is 11.9 Å². The predicted molar refractivity (Wildman–Crippen MR) is 72.7 cm³/mol. The minimum Gasteiger partial charge on any atom is -0.385 e. The Labute approximate surface area is 108 Å². The van der Waals surface area contributed by atoms with Crippen LogP contribution >= 0.6 is 0 Å². The second-order valence-electron chi connectivity index (χ2n) is 4.95. The Morgan fingerprint density at radius 2 is 2.33 bits per heavy atom. The van der Waals surface area contributed by atoms with Crippen molar-refractivity contribution in [3.63, 3.8) is 0 Å². The van der Waals surface area contributed by atoms with Crippen LogP contribution in [0.25, 0.3) is 0 Å². The second kappa shape index (κ2) is 5.85. The normalized spacial score (nSPS) is 22.8. The maximum atomic E-state index is 12.1. The Morgan fingerprint density at radius 3 is 3.00 bits per heavy atom. The largest absolute Gasteiger partial charge is 0.385 e. The summed E-state index contributed by atoms with van der Waals surface area (Å²) in [5, 5.41) is 6.27. The Bertz CT molecular complexity index is 419. The molecule has 0 saturated heterocycles. The number of pyridine rings is 1. The molecule has 0 spiro atoms. The van der Waals surface area contributed by atoms with Gasteiger partial charge in [-0.2, -0.15) is 0 Å². The van der Waals surface area contributed by atoms with Gasteiger partial charge < -0.3 is 10.6 Å². The van der Waals surface area contributed by atoms with Crippen LogP contribution in [0.3, 0.4) is 0 Å². The summed E-state index contributed by atoms with van der Waals surface area (Å²) in [5.41, 5.74) is 1.43. The Kier molecular flexibility index (Phi) is 4.18. The second-order valence-corrected chi connectivity index (χ2v) is 4.95. The zero-order valence-corrected chi connectivity index (χ0v) is 11.1. The number of hydrogen-bond acceptors (Lipinski definition) is 3. The topological polar surface area (TPSA) is 54.0 Å². The first-order chi connectivity index (χ1) is 8.70. The molecule has 1 fully saturated rings. The lowest BCUT2D eigenvalue weighted by atomic mass is 10.1. The molecule has 4 nitrogen and oxygen atoms in total. The van der Waals surface area contributed by atoms with E-state index >= 15 is 0 Å². The van der Waals surface area contributed by atoms with E-state index < -0.39 is 0 Å². The molecule has 1 aromatic heterocycles. The van der Waals surface area contributed by atoms with Crippen molar-refractivity contribution in [2.45, 2.75) is 39.2 Å². The summed E-state index contributed by atoms with van der Waals surface area (Å²) < 4.78 is 0. The van der Waals surface area contributed by atoms with Crippen LogP contribution < -0.4 is 10.6 Å². The van der Waals surface area contributed by atoms with Crippen LogP contribution in [0, 0.1) is 5.92 Å². The summed E-state index contributed by atoms with van der Waals surface area (Å²) in [6.07, 6.45) is 5.16. The average molecular weight is 247 g/mol. The molecule has 98 valence electrons. The van der Waals surface area contributed by atoms with Crippen LogP contribution in [0.5, 0.6) is 0 Å². The lowest BCUT2D eigenvalue weighted by Crippen LogP contribution is -2.36. The van der Waals surface area contributed by atoms with Gasteiger partial charge in [-0.25, -0.2) is 0 Å². The monoisotopic (exact) mass is 247 g/mol. The fourth-order valence-corrected chi connectivity index (χ4v) is 2.47. The van der Waals surface area contributed by atoms with E-state index in [-0.39, 0.29) is 5.91 Å². The molecule has 1 aromatic rings. The number of rotatable bonds is 4. The molecule has 0 aromatic carbocycles. The Morgan fingerprint density at radius 1 is 1.50 bits per heavy atom. The molecule has 1 saturated carbocycles. The molecular formula is C14H21N3O. The lowest BCUT2D eigenvalue weighted by Gasteiger charge is -2.17. The van der Waals surface area contributed by atoms with Gasteiger partial charge in [0, 0.05) is 24.5 Å². The summed E-state index contributed by atoms with van der Waals surface area (Å²) in [5.74, 6) is 0.513. The van der Waals surface area contributed by atoms with Crippen molar-refractivity contribution < 1.29 is 4.79 Å². The third-order valence-corrected chi connectivity index (χ3v) is 3.55. The fourth-order valence-electron chi connectivity index (χ4n) is 2.47. The molecule has 0 aliphatic heterocycles. The van der Waals surface area contributed by atoms with Crippen LogP contribution in [-0.2, 0) is 0 Å². The summed E-state index contributed by atoms with van der Waals surface area (Å²) in [6.45, 7) is 5.06. The predicted octanol–water partition coefficient (Wildman–Crippen LogP) is 2.43. The number of carbonyl (C=O) groups is 1. The highest BCUT2D eigenvalue weighted by Gasteiger charge is 2.25. The lowest BCUT2D eigenvalue weighted by molar-refractivity contribution is 0.0924. The Balaban J connectivity index is 2.01. The molecule has 1 amide bonds. The quantitative estimate of drug-likeness (QED) is 0.859. The van der Waals surface area contributed by atoms with E-state index in [4.69, 9.17) is 0 Å². The van der Waals surface area contributed by atoms with Crippen molar-refractivity contribution in [1.29, 1.82) is 0 Å². The number of amides is 1. The highest BCUT2D eigenvalue weighted by Crippen LogP contribution is 2.25. The first-order valence-electron chi connectivity index (χ1n) is 6.71. The minimum absolute atomic E-state index is 0.0616. The summed E-state index contributed by atoms with van der Waals surface area (Å²) >= 11 is 0. The van der Waals surface area contributed by atoms with E-state index in [1.807, 2.05) is 13.0 Å². The summed E-state index contributed by atoms with van der Waals surface area (Å²) in [4.78, 5) is 16.2. The zero-order chi connectivity index (χ0) is 13.0. The van der Waals surface area contributed by atoms with E-state index in [0.29, 0.717) is 17.7 Å². The van der Waals surface area contributed by atoms with E-state index in [1.165, 1.54) is 12.8 Å². The number of aromatic nitrogens is 1. The maximum absolute atomic E-state index is 12.1. The third-order valence-electron chi connectivity index (χ3n) is 3.55. The molecule has 2 rings (SSSR count). The highest BCUT2D eigenvalue weighted by atomic mass is 16.1. The van der Waals surface area contributed by atoms with Crippen LogP contribution in [0.4, 0.5) is 5.69 Å². The van der Waals surface area contributed by atoms with Gasteiger partial charge in [0.05, 0.1) is 0 Å². The van der Waals surface area contributed by atoms with Gasteiger partial charge in [-0.1, -0.05) is 13.3 Å². The number of nitrogens with one attached hydrogen (secondary N) is 2. The van der Waals surface area contributed by atoms with Gasteiger partial charge in [0.1, 0.15) is 5.69 Å². The molecule has 1 aliphatic rings. The number of hydrogen-bond donors (Lipinski definition) is 2. The standard InChI is InChI=1S/C14H21N3O/c1-3-15-11-7-8-16-13(9-11)14(18)17-12-6-4-5-10(12)2/h7-10,12H,3-6H2,1-2H3,(H,15,16)(H,17,18). The molecular weight excluding hydrogens is 226 g/mol. The highest BCUT2D eigenvalue weighted by molar-refractivity contribution is 5.93. The molecule has 2 atom stereocenters. The summed E-state index contributed by atoms with van der Waals surface area (Å²) in [6, 6.07) is 3.98. The van der Waals surface area contributed by atoms with Crippen molar-refractivity contribution >= 4 is 11.6 Å². The van der Waals surface area contributed by atoms with Gasteiger partial charge in [-0.05, 0) is 37.8 Å². The third kappa shape index (κ3) is 3.00. The Hall–Kier alpha value is -1.58. The van der Waals surface area contributed by atoms with Gasteiger partial charge >= 0.3 is 0 Å². The smallest absolute Gasteiger partial charge is 0.270 e. The molecule has 1 heterocycles. The minimum atomic E-state index is -0.0616. The van der Waals surface area contributed by atoms with Crippen LogP contribution in [0.2, 0.25) is 0 Å². The van der Waals surface area contributed by atoms with Gasteiger partial charge in [-0.3, -0.25) is 9.78 Å². The molecule has 1 aliphatic carbocycles. The molecule has 2 N–H and O–H groups in total. The molecule has 0 radical (unpaired) electrons. The van der Waals surface area contributed by atoms with Crippen molar-refractivity contribution in [3.8, 4) is 0 Å². The first-order valence-corrected chi connectivity index (χ1v) is 6.71. The van der Waals surface area contributed by atoms with E-state index in [1.54, 1.807) is 12.3 Å². The van der Waals surface area contributed by atoms with Crippen LogP contribution in [0.1, 0.15) is 43.6 Å². The average Bonchev–Trinajstić information content (AvgIpc) is 2.76. The molecule has 0 bridgehead atoms. The van der Waals surface area contributed by atoms with E-state index in [2.05, 4.69) is 22.5 Å².